The normalized spacial score (nSPS) is 15.2. The number of carbonyl (C=O) groups excluding carboxylic acids is 3. The minimum atomic E-state index is -0.682. The number of anilines is 1. The van der Waals surface area contributed by atoms with E-state index >= 15 is 0 Å². The molecule has 2 aromatic carbocycles. The number of fused-ring (bicyclic) bond motifs is 1. The van der Waals surface area contributed by atoms with E-state index < -0.39 is 11.9 Å². The molecule has 7 nitrogen and oxygen atoms in total. The molecule has 0 aromatic heterocycles. The molecule has 32 heavy (non-hydrogen) atoms. The second kappa shape index (κ2) is 9.68. The summed E-state index contributed by atoms with van der Waals surface area (Å²) in [5.74, 6) is -0.752. The van der Waals surface area contributed by atoms with Gasteiger partial charge in [-0.25, -0.2) is 0 Å². The fourth-order valence-corrected chi connectivity index (χ4v) is 3.78. The van der Waals surface area contributed by atoms with Gasteiger partial charge in [-0.2, -0.15) is 0 Å². The smallest absolute Gasteiger partial charge is 0.325 e. The molecule has 2 aromatic rings. The van der Waals surface area contributed by atoms with Crippen LogP contribution in [-0.2, 0) is 19.7 Å². The predicted octanol–water partition coefficient (Wildman–Crippen LogP) is 3.24. The van der Waals surface area contributed by atoms with Crippen LogP contribution < -0.4 is 15.0 Å². The van der Waals surface area contributed by atoms with E-state index in [2.05, 4.69) is 19.2 Å². The molecule has 0 unspecified atom stereocenters. The van der Waals surface area contributed by atoms with Crippen LogP contribution in [0.25, 0.3) is 0 Å². The Hall–Kier alpha value is -3.61. The second-order valence-corrected chi connectivity index (χ2v) is 8.00. The van der Waals surface area contributed by atoms with Crippen LogP contribution in [0.5, 0.6) is 5.75 Å². The van der Waals surface area contributed by atoms with Crippen molar-refractivity contribution in [1.29, 1.82) is 0 Å². The number of ether oxygens (including phenoxy) is 2. The molecule has 1 N–H and O–H groups in total. The van der Waals surface area contributed by atoms with Gasteiger partial charge >= 0.3 is 5.97 Å². The van der Waals surface area contributed by atoms with E-state index in [1.54, 1.807) is 24.3 Å². The highest BCUT2D eigenvalue weighted by molar-refractivity contribution is 5.97. The first-order valence-electron chi connectivity index (χ1n) is 10.5. The van der Waals surface area contributed by atoms with Crippen molar-refractivity contribution in [3.05, 3.63) is 71.4 Å². The van der Waals surface area contributed by atoms with Gasteiger partial charge in [0.25, 0.3) is 5.91 Å². The third-order valence-corrected chi connectivity index (χ3v) is 5.43. The standard InChI is InChI=1S/C25H28N2O5/c1-5-31-19-12-10-17(11-13-19)24(30)26-15-23(29)32-16-18(28)14-22-25(2,3)20-8-6-7-9-21(20)27(22)4/h6-14H,5,15-16H2,1-4H3,(H,26,30)/b22-14+. The van der Waals surface area contributed by atoms with Crippen molar-refractivity contribution >= 4 is 23.3 Å². The van der Waals surface area contributed by atoms with Gasteiger partial charge in [0.15, 0.2) is 12.4 Å². The number of amides is 1. The Morgan fingerprint density at radius 3 is 2.41 bits per heavy atom. The molecular formula is C25H28N2O5. The Labute approximate surface area is 188 Å². The lowest BCUT2D eigenvalue weighted by Crippen LogP contribution is -2.31. The van der Waals surface area contributed by atoms with E-state index in [0.29, 0.717) is 17.9 Å². The van der Waals surface area contributed by atoms with E-state index in [-0.39, 0.29) is 24.3 Å². The SMILES string of the molecule is CCOc1ccc(C(=O)NCC(=O)OCC(=O)/C=C2/N(C)c3ccccc3C2(C)C)cc1. The summed E-state index contributed by atoms with van der Waals surface area (Å²) in [7, 11) is 1.91. The van der Waals surface area contributed by atoms with E-state index in [1.165, 1.54) is 6.08 Å². The molecule has 1 heterocycles. The molecule has 0 fully saturated rings. The van der Waals surface area contributed by atoms with E-state index in [0.717, 1.165) is 16.9 Å². The van der Waals surface area contributed by atoms with Crippen molar-refractivity contribution < 1.29 is 23.9 Å². The van der Waals surface area contributed by atoms with Gasteiger partial charge < -0.3 is 19.7 Å². The topological polar surface area (TPSA) is 84.9 Å². The Balaban J connectivity index is 1.51. The highest BCUT2D eigenvalue weighted by Gasteiger charge is 2.38. The van der Waals surface area contributed by atoms with Crippen LogP contribution in [0.15, 0.2) is 60.3 Å². The summed E-state index contributed by atoms with van der Waals surface area (Å²) in [5.41, 5.74) is 3.08. The van der Waals surface area contributed by atoms with Crippen LogP contribution >= 0.6 is 0 Å². The number of para-hydroxylation sites is 1. The quantitative estimate of drug-likeness (QED) is 0.505. The Morgan fingerprint density at radius 1 is 1.06 bits per heavy atom. The monoisotopic (exact) mass is 436 g/mol. The number of allylic oxidation sites excluding steroid dienone is 1. The summed E-state index contributed by atoms with van der Waals surface area (Å²) in [4.78, 5) is 38.6. The second-order valence-electron chi connectivity index (χ2n) is 8.00. The van der Waals surface area contributed by atoms with Crippen molar-refractivity contribution in [2.24, 2.45) is 0 Å². The highest BCUT2D eigenvalue weighted by Crippen LogP contribution is 2.46. The van der Waals surface area contributed by atoms with Crippen LogP contribution in [-0.4, -0.2) is 44.5 Å². The van der Waals surface area contributed by atoms with Crippen molar-refractivity contribution in [2.45, 2.75) is 26.2 Å². The van der Waals surface area contributed by atoms with E-state index in [9.17, 15) is 14.4 Å². The lowest BCUT2D eigenvalue weighted by Gasteiger charge is -2.23. The minimum Gasteiger partial charge on any atom is -0.494 e. The largest absolute Gasteiger partial charge is 0.494 e. The first-order chi connectivity index (χ1) is 15.2. The number of likely N-dealkylation sites (N-methyl/N-ethyl adjacent to an activating group) is 1. The van der Waals surface area contributed by atoms with Gasteiger partial charge in [0.2, 0.25) is 0 Å². The molecule has 0 radical (unpaired) electrons. The maximum Gasteiger partial charge on any atom is 0.325 e. The van der Waals surface area contributed by atoms with Crippen molar-refractivity contribution in [2.75, 3.05) is 31.7 Å². The molecule has 168 valence electrons. The molecule has 0 spiro atoms. The molecule has 1 amide bonds. The molecule has 1 aliphatic rings. The van der Waals surface area contributed by atoms with Crippen LogP contribution in [0.2, 0.25) is 0 Å². The number of hydrogen-bond acceptors (Lipinski definition) is 6. The lowest BCUT2D eigenvalue weighted by molar-refractivity contribution is -0.145. The van der Waals surface area contributed by atoms with E-state index in [4.69, 9.17) is 9.47 Å². The van der Waals surface area contributed by atoms with Crippen LogP contribution in [0, 0.1) is 0 Å². The number of nitrogens with one attached hydrogen (secondary N) is 1. The van der Waals surface area contributed by atoms with Crippen LogP contribution in [0.1, 0.15) is 36.7 Å². The zero-order valence-corrected chi connectivity index (χ0v) is 18.8. The van der Waals surface area contributed by atoms with Crippen molar-refractivity contribution in [3.8, 4) is 5.75 Å². The number of ketones is 1. The zero-order chi connectivity index (χ0) is 23.3. The van der Waals surface area contributed by atoms with Gasteiger partial charge in [-0.05, 0) is 42.8 Å². The molecule has 0 saturated carbocycles. The Kier molecular flexibility index (Phi) is 6.98. The molecule has 3 rings (SSSR count). The first kappa shape index (κ1) is 23.1. The van der Waals surface area contributed by atoms with Crippen molar-refractivity contribution in [1.82, 2.24) is 5.32 Å². The van der Waals surface area contributed by atoms with E-state index in [1.807, 2.05) is 43.1 Å². The van der Waals surface area contributed by atoms with Gasteiger partial charge in [0.05, 0.1) is 6.61 Å². The first-order valence-corrected chi connectivity index (χ1v) is 10.5. The summed E-state index contributed by atoms with van der Waals surface area (Å²) in [6.07, 6.45) is 1.52. The molecule has 0 aliphatic carbocycles. The van der Waals surface area contributed by atoms with Gasteiger partial charge in [0, 0.05) is 35.5 Å². The number of esters is 1. The Bertz CT molecular complexity index is 1040. The average Bonchev–Trinajstić information content (AvgIpc) is 2.97. The summed E-state index contributed by atoms with van der Waals surface area (Å²) in [5, 5.41) is 2.49. The molecular weight excluding hydrogens is 408 g/mol. The number of rotatable bonds is 8. The van der Waals surface area contributed by atoms with Gasteiger partial charge in [-0.1, -0.05) is 32.0 Å². The number of hydrogen-bond donors (Lipinski definition) is 1. The summed E-state index contributed by atoms with van der Waals surface area (Å²) in [6, 6.07) is 14.6. The molecule has 0 atom stereocenters. The molecule has 0 bridgehead atoms. The highest BCUT2D eigenvalue weighted by atomic mass is 16.5. The summed E-state index contributed by atoms with van der Waals surface area (Å²) >= 11 is 0. The maximum absolute atomic E-state index is 12.5. The third kappa shape index (κ3) is 4.99. The fourth-order valence-electron chi connectivity index (χ4n) is 3.78. The van der Waals surface area contributed by atoms with Gasteiger partial charge in [-0.15, -0.1) is 0 Å². The molecule has 0 saturated heterocycles. The summed E-state index contributed by atoms with van der Waals surface area (Å²) in [6.45, 7) is 5.80. The van der Waals surface area contributed by atoms with Gasteiger partial charge in [-0.3, -0.25) is 14.4 Å². The average molecular weight is 437 g/mol. The van der Waals surface area contributed by atoms with Crippen LogP contribution in [0.3, 0.4) is 0 Å². The van der Waals surface area contributed by atoms with Crippen LogP contribution in [0.4, 0.5) is 5.69 Å². The lowest BCUT2D eigenvalue weighted by atomic mass is 9.83. The predicted molar refractivity (Wildman–Crippen MR) is 122 cm³/mol. The fraction of sp³-hybridized carbons (Fsp3) is 0.320. The zero-order valence-electron chi connectivity index (χ0n) is 18.8. The molecule has 7 heteroatoms. The number of carbonyl (C=O) groups is 3. The van der Waals surface area contributed by atoms with Crippen molar-refractivity contribution in [3.63, 3.8) is 0 Å². The van der Waals surface area contributed by atoms with Gasteiger partial charge in [0.1, 0.15) is 12.3 Å². The summed E-state index contributed by atoms with van der Waals surface area (Å²) < 4.78 is 10.4. The minimum absolute atomic E-state index is 0.320. The number of nitrogens with zero attached hydrogens (tertiary/aromatic N) is 1. The maximum atomic E-state index is 12.5. The third-order valence-electron chi connectivity index (χ3n) is 5.43. The Morgan fingerprint density at radius 2 is 1.75 bits per heavy atom. The molecule has 1 aliphatic heterocycles. The number of benzene rings is 2.